The third-order valence-electron chi connectivity index (χ3n) is 9.20. The second-order valence-corrected chi connectivity index (χ2v) is 15.0. The molecule has 0 radical (unpaired) electrons. The van der Waals surface area contributed by atoms with Crippen molar-refractivity contribution in [3.8, 4) is 0 Å². The molecule has 0 aromatic carbocycles. The number of carbonyl (C=O) groups excluding carboxylic acids is 4. The number of ether oxygens (including phenoxy) is 2. The summed E-state index contributed by atoms with van der Waals surface area (Å²) in [6.45, 7) is 11.0. The van der Waals surface area contributed by atoms with Gasteiger partial charge in [0.2, 0.25) is 0 Å². The van der Waals surface area contributed by atoms with Crippen LogP contribution in [0.5, 0.6) is 0 Å². The number of hydrogen-bond donors (Lipinski definition) is 0. The van der Waals surface area contributed by atoms with Gasteiger partial charge in [-0.15, -0.1) is 0 Å². The Morgan fingerprint density at radius 1 is 0.522 bits per heavy atom. The summed E-state index contributed by atoms with van der Waals surface area (Å²) < 4.78 is 11.1. The molecule has 6 heteroatoms. The number of rotatable bonds is 33. The van der Waals surface area contributed by atoms with Gasteiger partial charge < -0.3 is 14.3 Å². The fourth-order valence-electron chi connectivity index (χ4n) is 5.78. The van der Waals surface area contributed by atoms with E-state index in [0.717, 1.165) is 32.1 Å². The maximum absolute atomic E-state index is 13.5. The van der Waals surface area contributed by atoms with Crippen molar-refractivity contribution >= 4 is 24.0 Å². The molecular weight excluding hydrogens is 576 g/mol. The first-order chi connectivity index (χ1) is 22.0. The third kappa shape index (κ3) is 23.6. The van der Waals surface area contributed by atoms with E-state index in [-0.39, 0.29) is 19.0 Å². The van der Waals surface area contributed by atoms with Crippen LogP contribution in [0.4, 0.5) is 0 Å². The summed E-state index contributed by atoms with van der Waals surface area (Å²) in [6, 6.07) is 0. The fraction of sp³-hybridized carbons (Fsp3) is 0.900. The number of aldehydes is 1. The van der Waals surface area contributed by atoms with Gasteiger partial charge in [-0.25, -0.2) is 0 Å². The highest BCUT2D eigenvalue weighted by atomic mass is 16.6. The van der Waals surface area contributed by atoms with Crippen molar-refractivity contribution in [2.75, 3.05) is 6.61 Å². The molecule has 1 unspecified atom stereocenters. The smallest absolute Gasteiger partial charge is 0.306 e. The zero-order valence-corrected chi connectivity index (χ0v) is 31.2. The largest absolute Gasteiger partial charge is 0.465 e. The van der Waals surface area contributed by atoms with E-state index in [1.54, 1.807) is 27.7 Å². The van der Waals surface area contributed by atoms with Crippen LogP contribution in [0.25, 0.3) is 0 Å². The summed E-state index contributed by atoms with van der Waals surface area (Å²) in [5, 5.41) is 0. The highest BCUT2D eigenvalue weighted by molar-refractivity contribution is 5.93. The molecule has 0 N–H and O–H groups in total. The van der Waals surface area contributed by atoms with Crippen LogP contribution in [-0.4, -0.2) is 36.7 Å². The lowest BCUT2D eigenvalue weighted by Gasteiger charge is -2.33. The molecule has 0 aliphatic carbocycles. The Morgan fingerprint density at radius 3 is 1.20 bits per heavy atom. The molecule has 0 aromatic rings. The quantitative estimate of drug-likeness (QED) is 0.0399. The number of ketones is 1. The summed E-state index contributed by atoms with van der Waals surface area (Å²) in [5.74, 6) is -1.17. The summed E-state index contributed by atoms with van der Waals surface area (Å²) in [6.07, 6.45) is 29.1. The van der Waals surface area contributed by atoms with Crippen molar-refractivity contribution < 1.29 is 28.7 Å². The predicted octanol–water partition coefficient (Wildman–Crippen LogP) is 11.4. The number of carbonyl (C=O) groups is 4. The van der Waals surface area contributed by atoms with E-state index < -0.39 is 28.7 Å². The Morgan fingerprint density at radius 2 is 0.848 bits per heavy atom. The second kappa shape index (κ2) is 28.3. The molecule has 0 aromatic heterocycles. The molecular formula is C40H74O6. The van der Waals surface area contributed by atoms with Crippen molar-refractivity contribution in [2.45, 2.75) is 215 Å². The van der Waals surface area contributed by atoms with E-state index in [0.29, 0.717) is 19.1 Å². The molecule has 46 heavy (non-hydrogen) atoms. The molecule has 270 valence electrons. The summed E-state index contributed by atoms with van der Waals surface area (Å²) in [7, 11) is 0. The molecule has 0 amide bonds. The molecule has 0 saturated heterocycles. The lowest BCUT2D eigenvalue weighted by Crippen LogP contribution is -2.48. The monoisotopic (exact) mass is 651 g/mol. The standard InChI is InChI=1S/C40H74O6/c1-7-9-11-13-15-17-19-20-22-24-26-28-30-32-36(43)46-38(39(3,4)33-41)37(44)40(5,6)34-45-35(42)31-29-27-25-23-21-18-16-14-12-10-8-2/h33,38H,7-32,34H2,1-6H3. The van der Waals surface area contributed by atoms with Crippen LogP contribution in [0.2, 0.25) is 0 Å². The van der Waals surface area contributed by atoms with Crippen molar-refractivity contribution in [3.05, 3.63) is 0 Å². The molecule has 0 bridgehead atoms. The highest BCUT2D eigenvalue weighted by Gasteiger charge is 2.45. The SMILES string of the molecule is CCCCCCCCCCCCCCCC(=O)OC(C(=O)C(C)(C)COC(=O)CCCCCCCCCCCCC)C(C)(C)C=O. The lowest BCUT2D eigenvalue weighted by molar-refractivity contribution is -0.169. The lowest BCUT2D eigenvalue weighted by atomic mass is 9.76. The van der Waals surface area contributed by atoms with Crippen molar-refractivity contribution in [1.29, 1.82) is 0 Å². The normalized spacial score (nSPS) is 12.6. The summed E-state index contributed by atoms with van der Waals surface area (Å²) in [4.78, 5) is 50.5. The number of Topliss-reactive ketones (excluding diaryl/α,β-unsaturated/α-hetero) is 1. The zero-order chi connectivity index (χ0) is 34.5. The van der Waals surface area contributed by atoms with E-state index in [2.05, 4.69) is 13.8 Å². The molecule has 6 nitrogen and oxygen atoms in total. The first-order valence-electron chi connectivity index (χ1n) is 19.4. The molecule has 0 aliphatic rings. The maximum atomic E-state index is 13.5. The van der Waals surface area contributed by atoms with Crippen LogP contribution >= 0.6 is 0 Å². The van der Waals surface area contributed by atoms with Crippen LogP contribution in [0.1, 0.15) is 208 Å². The number of esters is 2. The first-order valence-corrected chi connectivity index (χ1v) is 19.4. The average Bonchev–Trinajstić information content (AvgIpc) is 3.03. The molecule has 1 atom stereocenters. The topological polar surface area (TPSA) is 86.7 Å². The van der Waals surface area contributed by atoms with Crippen molar-refractivity contribution in [2.24, 2.45) is 10.8 Å². The maximum Gasteiger partial charge on any atom is 0.306 e. The van der Waals surface area contributed by atoms with E-state index in [9.17, 15) is 19.2 Å². The molecule has 0 spiro atoms. The van der Waals surface area contributed by atoms with Gasteiger partial charge in [0.05, 0.1) is 10.8 Å². The van der Waals surface area contributed by atoms with Crippen LogP contribution in [0.3, 0.4) is 0 Å². The fourth-order valence-corrected chi connectivity index (χ4v) is 5.78. The summed E-state index contributed by atoms with van der Waals surface area (Å²) in [5.41, 5.74) is -2.27. The Bertz CT molecular complexity index is 787. The molecule has 0 fully saturated rings. The second-order valence-electron chi connectivity index (χ2n) is 15.0. The minimum absolute atomic E-state index is 0.107. The third-order valence-corrected chi connectivity index (χ3v) is 9.20. The van der Waals surface area contributed by atoms with Gasteiger partial charge in [0, 0.05) is 12.8 Å². The Balaban J connectivity index is 4.34. The predicted molar refractivity (Wildman–Crippen MR) is 191 cm³/mol. The summed E-state index contributed by atoms with van der Waals surface area (Å²) >= 11 is 0. The van der Waals surface area contributed by atoms with E-state index in [1.807, 2.05) is 0 Å². The highest BCUT2D eigenvalue weighted by Crippen LogP contribution is 2.30. The van der Waals surface area contributed by atoms with Crippen molar-refractivity contribution in [1.82, 2.24) is 0 Å². The van der Waals surface area contributed by atoms with Gasteiger partial charge >= 0.3 is 11.9 Å². The van der Waals surface area contributed by atoms with Crippen molar-refractivity contribution in [3.63, 3.8) is 0 Å². The molecule has 0 rings (SSSR count). The van der Waals surface area contributed by atoms with Gasteiger partial charge in [-0.05, 0) is 40.5 Å². The van der Waals surface area contributed by atoms with Gasteiger partial charge in [0.25, 0.3) is 0 Å². The van der Waals surface area contributed by atoms with Crippen LogP contribution in [0.15, 0.2) is 0 Å². The van der Waals surface area contributed by atoms with E-state index in [1.165, 1.54) is 116 Å². The molecule has 0 aliphatic heterocycles. The van der Waals surface area contributed by atoms with Gasteiger partial charge in [0.1, 0.15) is 12.9 Å². The van der Waals surface area contributed by atoms with Gasteiger partial charge in [-0.3, -0.25) is 14.4 Å². The number of hydrogen-bond acceptors (Lipinski definition) is 6. The Labute approximate surface area is 284 Å². The number of unbranched alkanes of at least 4 members (excludes halogenated alkanes) is 22. The Kier molecular flexibility index (Phi) is 27.2. The van der Waals surface area contributed by atoms with Gasteiger partial charge in [-0.2, -0.15) is 0 Å². The average molecular weight is 651 g/mol. The molecule has 0 saturated carbocycles. The van der Waals surface area contributed by atoms with Crippen LogP contribution in [0, 0.1) is 10.8 Å². The molecule has 0 heterocycles. The van der Waals surface area contributed by atoms with Gasteiger partial charge in [-0.1, -0.05) is 155 Å². The van der Waals surface area contributed by atoms with Gasteiger partial charge in [0.15, 0.2) is 11.9 Å². The first kappa shape index (κ1) is 44.3. The minimum atomic E-state index is -1.22. The van der Waals surface area contributed by atoms with Crippen LogP contribution in [-0.2, 0) is 28.7 Å². The zero-order valence-electron chi connectivity index (χ0n) is 31.2. The Hall–Kier alpha value is -1.72. The van der Waals surface area contributed by atoms with E-state index >= 15 is 0 Å². The van der Waals surface area contributed by atoms with Crippen LogP contribution < -0.4 is 0 Å². The minimum Gasteiger partial charge on any atom is -0.465 e. The van der Waals surface area contributed by atoms with E-state index in [4.69, 9.17) is 9.47 Å².